The van der Waals surface area contributed by atoms with Crippen LogP contribution in [0.15, 0.2) is 18.2 Å². The second kappa shape index (κ2) is 3.73. The van der Waals surface area contributed by atoms with Crippen molar-refractivity contribution in [1.29, 1.82) is 0 Å². The highest BCUT2D eigenvalue weighted by atomic mass is 16.5. The number of H-pyrrole nitrogens is 1. The molecule has 2 aromatic rings. The maximum Gasteiger partial charge on any atom is 0.168 e. The van der Waals surface area contributed by atoms with E-state index in [1.54, 1.807) is 7.11 Å². The van der Waals surface area contributed by atoms with Crippen LogP contribution in [0.5, 0.6) is 11.5 Å². The van der Waals surface area contributed by atoms with E-state index in [2.05, 4.69) is 4.98 Å². The number of ether oxygens (including phenoxy) is 2. The predicted molar refractivity (Wildman–Crippen MR) is 60.4 cm³/mol. The SMILES string of the molecule is CCOc1c(N)[nH]c2cc(OC)ccc12. The average Bonchev–Trinajstić information content (AvgIpc) is 2.55. The van der Waals surface area contributed by atoms with Gasteiger partial charge in [0.2, 0.25) is 0 Å². The van der Waals surface area contributed by atoms with E-state index >= 15 is 0 Å². The summed E-state index contributed by atoms with van der Waals surface area (Å²) in [4.78, 5) is 3.06. The smallest absolute Gasteiger partial charge is 0.168 e. The molecule has 0 radical (unpaired) electrons. The Morgan fingerprint density at radius 2 is 2.20 bits per heavy atom. The first-order valence-electron chi connectivity index (χ1n) is 4.84. The third-order valence-electron chi connectivity index (χ3n) is 2.27. The highest BCUT2D eigenvalue weighted by molar-refractivity contribution is 5.92. The molecule has 4 heteroatoms. The molecular weight excluding hydrogens is 192 g/mol. The molecule has 3 N–H and O–H groups in total. The number of anilines is 1. The van der Waals surface area contributed by atoms with Gasteiger partial charge in [-0.2, -0.15) is 0 Å². The fourth-order valence-electron chi connectivity index (χ4n) is 1.60. The van der Waals surface area contributed by atoms with E-state index in [1.807, 2.05) is 25.1 Å². The van der Waals surface area contributed by atoms with Gasteiger partial charge in [-0.05, 0) is 19.1 Å². The molecule has 0 spiro atoms. The highest BCUT2D eigenvalue weighted by Gasteiger charge is 2.10. The van der Waals surface area contributed by atoms with E-state index in [0.29, 0.717) is 12.4 Å². The first kappa shape index (κ1) is 9.71. The normalized spacial score (nSPS) is 10.5. The van der Waals surface area contributed by atoms with Crippen molar-refractivity contribution >= 4 is 16.7 Å². The van der Waals surface area contributed by atoms with Crippen LogP contribution in [0.1, 0.15) is 6.92 Å². The van der Waals surface area contributed by atoms with Crippen molar-refractivity contribution in [3.63, 3.8) is 0 Å². The molecule has 0 atom stereocenters. The van der Waals surface area contributed by atoms with Crippen molar-refractivity contribution in [2.75, 3.05) is 19.5 Å². The third-order valence-corrected chi connectivity index (χ3v) is 2.27. The molecule has 0 fully saturated rings. The molecule has 2 rings (SSSR count). The Morgan fingerprint density at radius 3 is 2.87 bits per heavy atom. The van der Waals surface area contributed by atoms with Gasteiger partial charge in [-0.25, -0.2) is 0 Å². The predicted octanol–water partition coefficient (Wildman–Crippen LogP) is 2.16. The van der Waals surface area contributed by atoms with Gasteiger partial charge in [0.15, 0.2) is 5.75 Å². The molecule has 0 saturated carbocycles. The zero-order valence-corrected chi connectivity index (χ0v) is 8.83. The lowest BCUT2D eigenvalue weighted by Gasteiger charge is -2.02. The summed E-state index contributed by atoms with van der Waals surface area (Å²) >= 11 is 0. The lowest BCUT2D eigenvalue weighted by molar-refractivity contribution is 0.346. The van der Waals surface area contributed by atoms with E-state index in [1.165, 1.54) is 0 Å². The fraction of sp³-hybridized carbons (Fsp3) is 0.273. The first-order chi connectivity index (χ1) is 7.26. The molecular formula is C11H14N2O2. The molecule has 0 saturated heterocycles. The van der Waals surface area contributed by atoms with Crippen molar-refractivity contribution in [3.8, 4) is 11.5 Å². The number of fused-ring (bicyclic) bond motifs is 1. The van der Waals surface area contributed by atoms with Crippen LogP contribution in [0.25, 0.3) is 10.9 Å². The number of aromatic amines is 1. The second-order valence-electron chi connectivity index (χ2n) is 3.21. The molecule has 1 heterocycles. The van der Waals surface area contributed by atoms with E-state index < -0.39 is 0 Å². The van der Waals surface area contributed by atoms with Crippen LogP contribution in [0.4, 0.5) is 5.82 Å². The van der Waals surface area contributed by atoms with E-state index in [4.69, 9.17) is 15.2 Å². The van der Waals surface area contributed by atoms with Gasteiger partial charge in [-0.15, -0.1) is 0 Å². The van der Waals surface area contributed by atoms with Crippen LogP contribution in [0.2, 0.25) is 0 Å². The third kappa shape index (κ3) is 1.58. The lowest BCUT2D eigenvalue weighted by atomic mass is 10.2. The van der Waals surface area contributed by atoms with Crippen molar-refractivity contribution < 1.29 is 9.47 Å². The number of hydrogen-bond donors (Lipinski definition) is 2. The molecule has 0 aliphatic heterocycles. The fourth-order valence-corrected chi connectivity index (χ4v) is 1.60. The summed E-state index contributed by atoms with van der Waals surface area (Å²) in [6, 6.07) is 5.72. The second-order valence-corrected chi connectivity index (χ2v) is 3.21. The van der Waals surface area contributed by atoms with E-state index in [-0.39, 0.29) is 0 Å². The number of hydrogen-bond acceptors (Lipinski definition) is 3. The van der Waals surface area contributed by atoms with Crippen molar-refractivity contribution in [2.45, 2.75) is 6.92 Å². The topological polar surface area (TPSA) is 60.3 Å². The van der Waals surface area contributed by atoms with Crippen LogP contribution < -0.4 is 15.2 Å². The molecule has 1 aromatic heterocycles. The zero-order chi connectivity index (χ0) is 10.8. The van der Waals surface area contributed by atoms with Gasteiger partial charge in [-0.1, -0.05) is 0 Å². The molecule has 0 unspecified atom stereocenters. The van der Waals surface area contributed by atoms with Gasteiger partial charge in [0.05, 0.1) is 19.2 Å². The molecule has 4 nitrogen and oxygen atoms in total. The van der Waals surface area contributed by atoms with Crippen molar-refractivity contribution in [3.05, 3.63) is 18.2 Å². The minimum atomic E-state index is 0.556. The number of methoxy groups -OCH3 is 1. The number of aromatic nitrogens is 1. The Morgan fingerprint density at radius 1 is 1.40 bits per heavy atom. The maximum absolute atomic E-state index is 5.81. The molecule has 0 aliphatic rings. The standard InChI is InChI=1S/C11H14N2O2/c1-3-15-10-8-5-4-7(14-2)6-9(8)13-11(10)12/h4-6,13H,3,12H2,1-2H3. The Kier molecular flexibility index (Phi) is 2.41. The maximum atomic E-state index is 5.81. The van der Waals surface area contributed by atoms with Gasteiger partial charge in [0, 0.05) is 11.5 Å². The first-order valence-corrected chi connectivity index (χ1v) is 4.84. The summed E-state index contributed by atoms with van der Waals surface area (Å²) in [6.07, 6.45) is 0. The van der Waals surface area contributed by atoms with Crippen LogP contribution >= 0.6 is 0 Å². The summed E-state index contributed by atoms with van der Waals surface area (Å²) < 4.78 is 10.6. The largest absolute Gasteiger partial charge is 0.497 e. The highest BCUT2D eigenvalue weighted by Crippen LogP contribution is 2.33. The molecule has 0 bridgehead atoms. The number of rotatable bonds is 3. The number of nitrogens with one attached hydrogen (secondary N) is 1. The van der Waals surface area contributed by atoms with Crippen LogP contribution in [-0.4, -0.2) is 18.7 Å². The molecule has 80 valence electrons. The van der Waals surface area contributed by atoms with Gasteiger partial charge in [0.1, 0.15) is 11.6 Å². The molecule has 0 aliphatic carbocycles. The molecule has 1 aromatic carbocycles. The van der Waals surface area contributed by atoms with Crippen LogP contribution in [0, 0.1) is 0 Å². The van der Waals surface area contributed by atoms with Gasteiger partial charge in [-0.3, -0.25) is 0 Å². The Hall–Kier alpha value is -1.84. The zero-order valence-electron chi connectivity index (χ0n) is 8.83. The summed E-state index contributed by atoms with van der Waals surface area (Å²) in [5.74, 6) is 2.07. The summed E-state index contributed by atoms with van der Waals surface area (Å²) in [7, 11) is 1.64. The Bertz CT molecular complexity index is 477. The van der Waals surface area contributed by atoms with E-state index in [0.717, 1.165) is 22.4 Å². The summed E-state index contributed by atoms with van der Waals surface area (Å²) in [5, 5.41) is 0.982. The molecule has 0 amide bonds. The van der Waals surface area contributed by atoms with Crippen LogP contribution in [-0.2, 0) is 0 Å². The van der Waals surface area contributed by atoms with Crippen molar-refractivity contribution in [2.24, 2.45) is 0 Å². The van der Waals surface area contributed by atoms with Gasteiger partial charge < -0.3 is 20.2 Å². The summed E-state index contributed by atoms with van der Waals surface area (Å²) in [5.41, 5.74) is 6.74. The van der Waals surface area contributed by atoms with E-state index in [9.17, 15) is 0 Å². The average molecular weight is 206 g/mol. The number of nitrogens with two attached hydrogens (primary N) is 1. The van der Waals surface area contributed by atoms with Crippen molar-refractivity contribution in [1.82, 2.24) is 4.98 Å². The summed E-state index contributed by atoms with van der Waals surface area (Å²) in [6.45, 7) is 2.53. The lowest BCUT2D eigenvalue weighted by Crippen LogP contribution is -1.94. The van der Waals surface area contributed by atoms with Gasteiger partial charge in [0.25, 0.3) is 0 Å². The van der Waals surface area contributed by atoms with Gasteiger partial charge >= 0.3 is 0 Å². The Labute approximate surface area is 88.0 Å². The Balaban J connectivity index is 2.58. The van der Waals surface area contributed by atoms with Crippen LogP contribution in [0.3, 0.4) is 0 Å². The monoisotopic (exact) mass is 206 g/mol. The number of benzene rings is 1. The molecule has 15 heavy (non-hydrogen) atoms. The number of nitrogen functional groups attached to an aromatic ring is 1. The minimum Gasteiger partial charge on any atom is -0.497 e. The quantitative estimate of drug-likeness (QED) is 0.809. The minimum absolute atomic E-state index is 0.556.